The Morgan fingerprint density at radius 1 is 1.12 bits per heavy atom. The zero-order chi connectivity index (χ0) is 11.2. The van der Waals surface area contributed by atoms with Crippen molar-refractivity contribution in [2.45, 2.75) is 12.8 Å². The quantitative estimate of drug-likeness (QED) is 0.788. The van der Waals surface area contributed by atoms with Crippen LogP contribution in [0.2, 0.25) is 0 Å². The third kappa shape index (κ3) is 3.22. The van der Waals surface area contributed by atoms with Gasteiger partial charge in [-0.3, -0.25) is 0 Å². The SMILES string of the molecule is BrCCCc1ccc(N2CCOCC2)cc1. The van der Waals surface area contributed by atoms with Gasteiger partial charge in [-0.2, -0.15) is 0 Å². The molecule has 1 aromatic carbocycles. The molecule has 0 unspecified atom stereocenters. The number of hydrogen-bond acceptors (Lipinski definition) is 2. The van der Waals surface area contributed by atoms with Crippen molar-refractivity contribution >= 4 is 21.6 Å². The second-order valence-corrected chi connectivity index (χ2v) is 4.85. The Bertz CT molecular complexity index is 306. The zero-order valence-electron chi connectivity index (χ0n) is 9.49. The van der Waals surface area contributed by atoms with Gasteiger partial charge in [-0.25, -0.2) is 0 Å². The summed E-state index contributed by atoms with van der Waals surface area (Å²) >= 11 is 3.46. The van der Waals surface area contributed by atoms with Crippen LogP contribution >= 0.6 is 15.9 Å². The van der Waals surface area contributed by atoms with E-state index in [2.05, 4.69) is 45.1 Å². The molecule has 0 aliphatic carbocycles. The van der Waals surface area contributed by atoms with Gasteiger partial charge < -0.3 is 9.64 Å². The highest BCUT2D eigenvalue weighted by Gasteiger charge is 2.10. The van der Waals surface area contributed by atoms with E-state index in [-0.39, 0.29) is 0 Å². The molecule has 88 valence electrons. The van der Waals surface area contributed by atoms with Crippen molar-refractivity contribution in [2.24, 2.45) is 0 Å². The molecule has 1 heterocycles. The molecule has 1 aromatic rings. The molecule has 16 heavy (non-hydrogen) atoms. The highest BCUT2D eigenvalue weighted by atomic mass is 79.9. The average Bonchev–Trinajstić information content (AvgIpc) is 2.38. The van der Waals surface area contributed by atoms with E-state index in [4.69, 9.17) is 4.74 Å². The monoisotopic (exact) mass is 283 g/mol. The van der Waals surface area contributed by atoms with Crippen LogP contribution in [0.4, 0.5) is 5.69 Å². The van der Waals surface area contributed by atoms with Crippen molar-refractivity contribution in [2.75, 3.05) is 36.5 Å². The van der Waals surface area contributed by atoms with Crippen molar-refractivity contribution in [3.05, 3.63) is 29.8 Å². The maximum atomic E-state index is 5.35. The number of benzene rings is 1. The van der Waals surface area contributed by atoms with Gasteiger partial charge in [-0.05, 0) is 30.5 Å². The van der Waals surface area contributed by atoms with E-state index in [1.54, 1.807) is 0 Å². The third-order valence-electron chi connectivity index (χ3n) is 2.91. The summed E-state index contributed by atoms with van der Waals surface area (Å²) in [6.45, 7) is 3.73. The van der Waals surface area contributed by atoms with Crippen LogP contribution in [-0.2, 0) is 11.2 Å². The van der Waals surface area contributed by atoms with Crippen molar-refractivity contribution < 1.29 is 4.74 Å². The van der Waals surface area contributed by atoms with Crippen molar-refractivity contribution in [3.8, 4) is 0 Å². The first-order chi connectivity index (χ1) is 7.90. The Labute approximate surface area is 106 Å². The van der Waals surface area contributed by atoms with Gasteiger partial charge in [0, 0.05) is 24.1 Å². The molecule has 2 nitrogen and oxygen atoms in total. The molecule has 1 saturated heterocycles. The second kappa shape index (κ2) is 6.26. The van der Waals surface area contributed by atoms with Crippen LogP contribution in [0.3, 0.4) is 0 Å². The van der Waals surface area contributed by atoms with E-state index in [9.17, 15) is 0 Å². The number of ether oxygens (including phenoxy) is 1. The first-order valence-corrected chi connectivity index (χ1v) is 7.00. The largest absolute Gasteiger partial charge is 0.378 e. The lowest BCUT2D eigenvalue weighted by molar-refractivity contribution is 0.122. The van der Waals surface area contributed by atoms with Gasteiger partial charge in [0.05, 0.1) is 13.2 Å². The summed E-state index contributed by atoms with van der Waals surface area (Å²) in [7, 11) is 0. The molecule has 0 amide bonds. The Morgan fingerprint density at radius 2 is 1.81 bits per heavy atom. The molecule has 1 aliphatic rings. The Balaban J connectivity index is 1.95. The number of nitrogens with zero attached hydrogens (tertiary/aromatic N) is 1. The summed E-state index contributed by atoms with van der Waals surface area (Å²) in [6.07, 6.45) is 2.37. The molecule has 1 fully saturated rings. The van der Waals surface area contributed by atoms with E-state index in [1.807, 2.05) is 0 Å². The molecule has 0 aromatic heterocycles. The Morgan fingerprint density at radius 3 is 2.44 bits per heavy atom. The number of hydrogen-bond donors (Lipinski definition) is 0. The molecule has 0 radical (unpaired) electrons. The van der Waals surface area contributed by atoms with Crippen LogP contribution in [0.5, 0.6) is 0 Å². The number of morpholine rings is 1. The molecule has 3 heteroatoms. The first-order valence-electron chi connectivity index (χ1n) is 5.88. The fourth-order valence-electron chi connectivity index (χ4n) is 1.97. The summed E-state index contributed by atoms with van der Waals surface area (Å²) in [4.78, 5) is 2.39. The van der Waals surface area contributed by atoms with Crippen LogP contribution < -0.4 is 4.90 Å². The standard InChI is InChI=1S/C13H18BrNO/c14-7-1-2-12-3-5-13(6-4-12)15-8-10-16-11-9-15/h3-6H,1-2,7-11H2. The highest BCUT2D eigenvalue weighted by molar-refractivity contribution is 9.09. The smallest absolute Gasteiger partial charge is 0.0642 e. The zero-order valence-corrected chi connectivity index (χ0v) is 11.1. The second-order valence-electron chi connectivity index (χ2n) is 4.06. The van der Waals surface area contributed by atoms with Gasteiger partial charge in [0.2, 0.25) is 0 Å². The van der Waals surface area contributed by atoms with Gasteiger partial charge >= 0.3 is 0 Å². The van der Waals surface area contributed by atoms with Crippen LogP contribution in [0, 0.1) is 0 Å². The molecule has 2 rings (SSSR count). The summed E-state index contributed by atoms with van der Waals surface area (Å²) in [5, 5.41) is 1.08. The molecule has 0 saturated carbocycles. The Hall–Kier alpha value is -0.540. The lowest BCUT2D eigenvalue weighted by Crippen LogP contribution is -2.36. The predicted octanol–water partition coefficient (Wildman–Crippen LogP) is 2.85. The van der Waals surface area contributed by atoms with Gasteiger partial charge in [0.1, 0.15) is 0 Å². The number of rotatable bonds is 4. The highest BCUT2D eigenvalue weighted by Crippen LogP contribution is 2.17. The van der Waals surface area contributed by atoms with E-state index in [1.165, 1.54) is 17.7 Å². The van der Waals surface area contributed by atoms with Gasteiger partial charge in [-0.15, -0.1) is 0 Å². The van der Waals surface area contributed by atoms with Gasteiger partial charge in [0.25, 0.3) is 0 Å². The van der Waals surface area contributed by atoms with Crippen LogP contribution in [0.15, 0.2) is 24.3 Å². The lowest BCUT2D eigenvalue weighted by Gasteiger charge is -2.28. The number of alkyl halides is 1. The minimum atomic E-state index is 0.853. The van der Waals surface area contributed by atoms with E-state index < -0.39 is 0 Å². The third-order valence-corrected chi connectivity index (χ3v) is 3.47. The van der Waals surface area contributed by atoms with Crippen molar-refractivity contribution in [3.63, 3.8) is 0 Å². The minimum Gasteiger partial charge on any atom is -0.378 e. The topological polar surface area (TPSA) is 12.5 Å². The summed E-state index contributed by atoms with van der Waals surface area (Å²) in [6, 6.07) is 8.95. The number of halogens is 1. The number of aryl methyl sites for hydroxylation is 1. The predicted molar refractivity (Wildman–Crippen MR) is 71.6 cm³/mol. The maximum Gasteiger partial charge on any atom is 0.0642 e. The van der Waals surface area contributed by atoms with E-state index >= 15 is 0 Å². The molecular weight excluding hydrogens is 266 g/mol. The molecular formula is C13H18BrNO. The van der Waals surface area contributed by atoms with Crippen molar-refractivity contribution in [1.82, 2.24) is 0 Å². The molecule has 1 aliphatic heterocycles. The fraction of sp³-hybridized carbons (Fsp3) is 0.538. The van der Waals surface area contributed by atoms with Gasteiger partial charge in [-0.1, -0.05) is 28.1 Å². The summed E-state index contributed by atoms with van der Waals surface area (Å²) in [5.74, 6) is 0. The van der Waals surface area contributed by atoms with Crippen LogP contribution in [0.1, 0.15) is 12.0 Å². The normalized spacial score (nSPS) is 16.4. The summed E-state index contributed by atoms with van der Waals surface area (Å²) in [5.41, 5.74) is 2.75. The lowest BCUT2D eigenvalue weighted by atomic mass is 10.1. The molecule has 0 spiro atoms. The van der Waals surface area contributed by atoms with Crippen molar-refractivity contribution in [1.29, 1.82) is 0 Å². The van der Waals surface area contributed by atoms with E-state index in [0.717, 1.165) is 38.1 Å². The molecule has 0 bridgehead atoms. The molecule has 0 atom stereocenters. The minimum absolute atomic E-state index is 0.853. The fourth-order valence-corrected chi connectivity index (χ4v) is 2.25. The van der Waals surface area contributed by atoms with E-state index in [0.29, 0.717) is 0 Å². The van der Waals surface area contributed by atoms with Gasteiger partial charge in [0.15, 0.2) is 0 Å². The Kier molecular flexibility index (Phi) is 4.67. The molecule has 0 N–H and O–H groups in total. The number of anilines is 1. The first kappa shape index (κ1) is 11.9. The van der Waals surface area contributed by atoms with Crippen LogP contribution in [-0.4, -0.2) is 31.6 Å². The summed E-state index contributed by atoms with van der Waals surface area (Å²) < 4.78 is 5.35. The average molecular weight is 284 g/mol. The maximum absolute atomic E-state index is 5.35. The van der Waals surface area contributed by atoms with Crippen LogP contribution in [0.25, 0.3) is 0 Å².